The van der Waals surface area contributed by atoms with E-state index in [-0.39, 0.29) is 23.4 Å². The largest absolute Gasteiger partial charge is 0.497 e. The molecule has 3 aromatic carbocycles. The van der Waals surface area contributed by atoms with E-state index < -0.39 is 28.5 Å². The fraction of sp³-hybridized carbons (Fsp3) is 0.375. The molecule has 4 rings (SSSR count). The van der Waals surface area contributed by atoms with Crippen molar-refractivity contribution in [2.24, 2.45) is 0 Å². The number of nitrogens with one attached hydrogen (secondary N) is 1. The van der Waals surface area contributed by atoms with Crippen LogP contribution in [-0.4, -0.2) is 57.5 Å². The van der Waals surface area contributed by atoms with Crippen LogP contribution in [0.3, 0.4) is 0 Å². The second-order valence-corrected chi connectivity index (χ2v) is 13.2. The fourth-order valence-electron chi connectivity index (χ4n) is 5.08. The second-order valence-electron chi connectivity index (χ2n) is 10.4. The van der Waals surface area contributed by atoms with Crippen LogP contribution in [-0.2, 0) is 26.2 Å². The Morgan fingerprint density at radius 3 is 2.30 bits per heavy atom. The Balaban J connectivity index is 1.69. The molecule has 1 aliphatic rings. The van der Waals surface area contributed by atoms with Crippen molar-refractivity contribution >= 4 is 43.5 Å². The van der Waals surface area contributed by atoms with Gasteiger partial charge < -0.3 is 19.7 Å². The van der Waals surface area contributed by atoms with Crippen LogP contribution >= 0.6 is 15.9 Å². The lowest BCUT2D eigenvalue weighted by Gasteiger charge is -2.32. The third-order valence-corrected chi connectivity index (χ3v) is 9.79. The molecule has 1 atom stereocenters. The molecule has 0 heterocycles. The smallest absolute Gasteiger partial charge is 0.264 e. The molecule has 1 fully saturated rings. The lowest BCUT2D eigenvalue weighted by Crippen LogP contribution is -2.52. The number of ether oxygens (including phenoxy) is 2. The van der Waals surface area contributed by atoms with Gasteiger partial charge in [0.15, 0.2) is 0 Å². The molecule has 0 aromatic heterocycles. The highest BCUT2D eigenvalue weighted by atomic mass is 79.9. The van der Waals surface area contributed by atoms with Gasteiger partial charge in [-0.15, -0.1) is 0 Å². The number of methoxy groups -OCH3 is 1. The minimum Gasteiger partial charge on any atom is -0.497 e. The molecule has 0 saturated heterocycles. The molecule has 1 unspecified atom stereocenters. The third-order valence-electron chi connectivity index (χ3n) is 7.47. The number of nitrogens with zero attached hydrogens (tertiary/aromatic N) is 2. The summed E-state index contributed by atoms with van der Waals surface area (Å²) in [5, 5.41) is 3.08. The predicted molar refractivity (Wildman–Crippen MR) is 170 cm³/mol. The maximum atomic E-state index is 14.1. The van der Waals surface area contributed by atoms with E-state index in [1.54, 1.807) is 62.6 Å². The van der Waals surface area contributed by atoms with Gasteiger partial charge in [0.2, 0.25) is 11.8 Å². The van der Waals surface area contributed by atoms with E-state index in [2.05, 4.69) is 21.2 Å². The van der Waals surface area contributed by atoms with Crippen molar-refractivity contribution in [1.82, 2.24) is 10.2 Å². The van der Waals surface area contributed by atoms with Crippen LogP contribution in [0.5, 0.6) is 11.5 Å². The van der Waals surface area contributed by atoms with Crippen molar-refractivity contribution in [3.8, 4) is 11.5 Å². The Morgan fingerprint density at radius 2 is 1.67 bits per heavy atom. The summed E-state index contributed by atoms with van der Waals surface area (Å²) in [5.41, 5.74) is 1.04. The first kappa shape index (κ1) is 32.3. The van der Waals surface area contributed by atoms with Crippen molar-refractivity contribution < 1.29 is 27.5 Å². The predicted octanol–water partition coefficient (Wildman–Crippen LogP) is 5.53. The lowest BCUT2D eigenvalue weighted by molar-refractivity contribution is -0.139. The molecule has 0 radical (unpaired) electrons. The molecule has 9 nitrogen and oxygen atoms in total. The monoisotopic (exact) mass is 671 g/mol. The molecule has 0 spiro atoms. The summed E-state index contributed by atoms with van der Waals surface area (Å²) in [6, 6.07) is 19.2. The van der Waals surface area contributed by atoms with Gasteiger partial charge in [-0.25, -0.2) is 8.42 Å². The van der Waals surface area contributed by atoms with Crippen LogP contribution < -0.4 is 19.1 Å². The molecule has 0 bridgehead atoms. The molecular formula is C32H38BrN3O6S. The van der Waals surface area contributed by atoms with Crippen LogP contribution in [0, 0.1) is 0 Å². The number of halogens is 1. The molecule has 11 heteroatoms. The molecule has 230 valence electrons. The van der Waals surface area contributed by atoms with Crippen LogP contribution in [0.15, 0.2) is 82.2 Å². The summed E-state index contributed by atoms with van der Waals surface area (Å²) < 4.78 is 40.7. The number of anilines is 1. The summed E-state index contributed by atoms with van der Waals surface area (Å²) in [5.74, 6) is 0.398. The fourth-order valence-corrected chi connectivity index (χ4v) is 6.76. The second kappa shape index (κ2) is 14.7. The molecule has 1 saturated carbocycles. The van der Waals surface area contributed by atoms with E-state index in [1.807, 2.05) is 19.1 Å². The van der Waals surface area contributed by atoms with Crippen molar-refractivity contribution in [1.29, 1.82) is 0 Å². The van der Waals surface area contributed by atoms with Gasteiger partial charge in [0.25, 0.3) is 10.0 Å². The van der Waals surface area contributed by atoms with E-state index in [9.17, 15) is 18.0 Å². The van der Waals surface area contributed by atoms with Gasteiger partial charge in [-0.2, -0.15) is 0 Å². The van der Waals surface area contributed by atoms with Gasteiger partial charge in [0.05, 0.1) is 24.3 Å². The highest BCUT2D eigenvalue weighted by Crippen LogP contribution is 2.28. The number of amides is 2. The third kappa shape index (κ3) is 8.29. The van der Waals surface area contributed by atoms with Gasteiger partial charge in [0, 0.05) is 17.1 Å². The summed E-state index contributed by atoms with van der Waals surface area (Å²) in [6.07, 6.45) is 3.91. The number of hydrogen-bond donors (Lipinski definition) is 1. The number of carbonyl (C=O) groups is 2. The lowest BCUT2D eigenvalue weighted by atomic mass is 10.1. The van der Waals surface area contributed by atoms with E-state index in [0.717, 1.165) is 40.0 Å². The first-order valence-electron chi connectivity index (χ1n) is 14.4. The van der Waals surface area contributed by atoms with Gasteiger partial charge in [0.1, 0.15) is 24.1 Å². The zero-order valence-electron chi connectivity index (χ0n) is 24.7. The topological polar surface area (TPSA) is 105 Å². The summed E-state index contributed by atoms with van der Waals surface area (Å²) in [6.45, 7) is 3.56. The number of hydrogen-bond acceptors (Lipinski definition) is 6. The summed E-state index contributed by atoms with van der Waals surface area (Å²) >= 11 is 3.35. The molecule has 0 aliphatic heterocycles. The molecule has 1 aliphatic carbocycles. The number of rotatable bonds is 13. The molecule has 43 heavy (non-hydrogen) atoms. The van der Waals surface area contributed by atoms with Crippen LogP contribution in [0.1, 0.15) is 45.1 Å². The Bertz CT molecular complexity index is 1490. The molecule has 2 amide bonds. The van der Waals surface area contributed by atoms with Gasteiger partial charge in [-0.3, -0.25) is 13.9 Å². The van der Waals surface area contributed by atoms with Crippen molar-refractivity contribution in [3.63, 3.8) is 0 Å². The minimum absolute atomic E-state index is 0.0313. The molecule has 1 N–H and O–H groups in total. The SMILES string of the molecule is CCOc1ccc(N(CC(=O)N(Cc2cccc(OC)c2)C(C)C(=O)NC2CCCC2)S(=O)(=O)c2ccc(Br)cc2)cc1. The normalized spacial score (nSPS) is 14.1. The maximum Gasteiger partial charge on any atom is 0.264 e. The highest BCUT2D eigenvalue weighted by molar-refractivity contribution is 9.10. The number of sulfonamides is 1. The first-order chi connectivity index (χ1) is 20.6. The van der Waals surface area contributed by atoms with Gasteiger partial charge in [-0.05, 0) is 92.9 Å². The maximum absolute atomic E-state index is 14.1. The highest BCUT2D eigenvalue weighted by Gasteiger charge is 2.33. The van der Waals surface area contributed by atoms with Crippen molar-refractivity contribution in [3.05, 3.63) is 82.8 Å². The zero-order valence-corrected chi connectivity index (χ0v) is 27.1. The van der Waals surface area contributed by atoms with E-state index in [1.165, 1.54) is 17.0 Å². The average Bonchev–Trinajstić information content (AvgIpc) is 3.52. The van der Waals surface area contributed by atoms with Gasteiger partial charge >= 0.3 is 0 Å². The average molecular weight is 673 g/mol. The van der Waals surface area contributed by atoms with E-state index in [0.29, 0.717) is 23.8 Å². The first-order valence-corrected chi connectivity index (χ1v) is 16.6. The van der Waals surface area contributed by atoms with Crippen LogP contribution in [0.25, 0.3) is 0 Å². The quantitative estimate of drug-likeness (QED) is 0.256. The summed E-state index contributed by atoms with van der Waals surface area (Å²) in [7, 11) is -2.61. The Morgan fingerprint density at radius 1 is 1.00 bits per heavy atom. The Labute approximate surface area is 262 Å². The van der Waals surface area contributed by atoms with E-state index >= 15 is 0 Å². The Kier molecular flexibility index (Phi) is 11.1. The number of carbonyl (C=O) groups excluding carboxylic acids is 2. The molecular weight excluding hydrogens is 634 g/mol. The van der Waals surface area contributed by atoms with E-state index in [4.69, 9.17) is 9.47 Å². The number of benzene rings is 3. The van der Waals surface area contributed by atoms with Crippen LogP contribution in [0.2, 0.25) is 0 Å². The Hall–Kier alpha value is -3.57. The zero-order chi connectivity index (χ0) is 31.0. The van der Waals surface area contributed by atoms with Crippen LogP contribution in [0.4, 0.5) is 5.69 Å². The molecule has 3 aromatic rings. The van der Waals surface area contributed by atoms with Crippen molar-refractivity contribution in [2.45, 2.75) is 63.1 Å². The standard InChI is InChI=1S/C32H38BrN3O6S/c1-4-42-28-16-14-27(15-17-28)36(43(39,40)30-18-12-25(33)13-19-30)22-31(37)35(21-24-8-7-11-29(20-24)41-3)23(2)32(38)34-26-9-5-6-10-26/h7-8,11-20,23,26H,4-6,9-10,21-22H2,1-3H3,(H,34,38). The van der Waals surface area contributed by atoms with Crippen molar-refractivity contribution in [2.75, 3.05) is 24.6 Å². The minimum atomic E-state index is -4.17. The summed E-state index contributed by atoms with van der Waals surface area (Å²) in [4.78, 5) is 29.0. The van der Waals surface area contributed by atoms with Gasteiger partial charge in [-0.1, -0.05) is 40.9 Å².